The Morgan fingerprint density at radius 1 is 1.00 bits per heavy atom. The molecule has 0 saturated carbocycles. The summed E-state index contributed by atoms with van der Waals surface area (Å²) in [4.78, 5) is 6.78. The summed E-state index contributed by atoms with van der Waals surface area (Å²) in [5, 5.41) is 9.20. The number of nitrogens with zero attached hydrogens (tertiary/aromatic N) is 5. The first-order chi connectivity index (χ1) is 10.8. The van der Waals surface area contributed by atoms with E-state index in [1.54, 1.807) is 6.33 Å². The van der Waals surface area contributed by atoms with Crippen LogP contribution in [0, 0.1) is 6.92 Å². The molecule has 0 atom stereocenters. The number of rotatable bonds is 2. The van der Waals surface area contributed by atoms with Crippen molar-refractivity contribution >= 4 is 28.2 Å². The zero-order valence-electron chi connectivity index (χ0n) is 12.4. The van der Waals surface area contributed by atoms with E-state index >= 15 is 0 Å². The summed E-state index contributed by atoms with van der Waals surface area (Å²) in [7, 11) is 2.02. The number of aryl methyl sites for hydroxylation is 1. The highest BCUT2D eigenvalue weighted by atomic mass is 15.3. The van der Waals surface area contributed by atoms with Crippen LogP contribution >= 0.6 is 0 Å². The van der Waals surface area contributed by atoms with Gasteiger partial charge in [-0.2, -0.15) is 4.98 Å². The van der Waals surface area contributed by atoms with Crippen LogP contribution in [0.5, 0.6) is 0 Å². The van der Waals surface area contributed by atoms with Crippen LogP contribution in [-0.4, -0.2) is 26.6 Å². The van der Waals surface area contributed by atoms with Gasteiger partial charge in [-0.15, -0.1) is 10.2 Å². The number of hydrogen-bond donors (Lipinski definition) is 0. The van der Waals surface area contributed by atoms with Crippen LogP contribution < -0.4 is 4.90 Å². The van der Waals surface area contributed by atoms with Crippen molar-refractivity contribution in [3.05, 3.63) is 60.4 Å². The molecular weight excluding hydrogens is 274 g/mol. The molecule has 0 unspecified atom stereocenters. The van der Waals surface area contributed by atoms with E-state index in [0.29, 0.717) is 5.78 Å². The average Bonchev–Trinajstić information content (AvgIpc) is 3.02. The molecule has 0 spiro atoms. The molecule has 0 fully saturated rings. The smallest absolute Gasteiger partial charge is 0.257 e. The van der Waals surface area contributed by atoms with Gasteiger partial charge in [0.15, 0.2) is 0 Å². The lowest BCUT2D eigenvalue weighted by atomic mass is 10.1. The van der Waals surface area contributed by atoms with E-state index < -0.39 is 0 Å². The predicted molar refractivity (Wildman–Crippen MR) is 87.5 cm³/mol. The Morgan fingerprint density at radius 2 is 1.82 bits per heavy atom. The average molecular weight is 289 g/mol. The molecule has 2 aromatic heterocycles. The number of aromatic nitrogens is 4. The van der Waals surface area contributed by atoms with Gasteiger partial charge in [0.2, 0.25) is 0 Å². The third-order valence-electron chi connectivity index (χ3n) is 3.92. The highest BCUT2D eigenvalue weighted by Crippen LogP contribution is 2.31. The molecule has 0 bridgehead atoms. The van der Waals surface area contributed by atoms with Gasteiger partial charge in [0.1, 0.15) is 12.1 Å². The summed E-state index contributed by atoms with van der Waals surface area (Å²) in [6.07, 6.45) is 1.71. The minimum absolute atomic E-state index is 0.611. The van der Waals surface area contributed by atoms with Gasteiger partial charge >= 0.3 is 0 Å². The molecule has 4 rings (SSSR count). The Kier molecular flexibility index (Phi) is 2.79. The van der Waals surface area contributed by atoms with Gasteiger partial charge in [0.05, 0.1) is 5.52 Å². The molecule has 0 aliphatic heterocycles. The Morgan fingerprint density at radius 3 is 2.64 bits per heavy atom. The molecule has 5 heteroatoms. The van der Waals surface area contributed by atoms with Crippen LogP contribution in [0.15, 0.2) is 54.9 Å². The minimum atomic E-state index is 0.611. The van der Waals surface area contributed by atoms with Crippen molar-refractivity contribution in [1.82, 2.24) is 19.6 Å². The fraction of sp³-hybridized carbons (Fsp3) is 0.118. The predicted octanol–water partition coefficient (Wildman–Crippen LogP) is 3.35. The second-order valence-electron chi connectivity index (χ2n) is 5.30. The molecule has 108 valence electrons. The van der Waals surface area contributed by atoms with Crippen molar-refractivity contribution in [3.8, 4) is 0 Å². The Hall–Kier alpha value is -2.95. The summed E-state index contributed by atoms with van der Waals surface area (Å²) in [5.41, 5.74) is 3.35. The van der Waals surface area contributed by atoms with E-state index in [-0.39, 0.29) is 0 Å². The molecule has 2 heterocycles. The fourth-order valence-corrected chi connectivity index (χ4v) is 2.81. The lowest BCUT2D eigenvalue weighted by molar-refractivity contribution is 1.08. The summed E-state index contributed by atoms with van der Waals surface area (Å²) in [6, 6.07) is 16.4. The first kappa shape index (κ1) is 12.8. The topological polar surface area (TPSA) is 46.3 Å². The summed E-state index contributed by atoms with van der Waals surface area (Å²) in [6.45, 7) is 2.09. The number of para-hydroxylation sites is 2. The highest BCUT2D eigenvalue weighted by Gasteiger charge is 2.15. The van der Waals surface area contributed by atoms with Gasteiger partial charge in [-0.1, -0.05) is 30.3 Å². The van der Waals surface area contributed by atoms with E-state index in [9.17, 15) is 0 Å². The van der Waals surface area contributed by atoms with E-state index in [1.165, 1.54) is 5.56 Å². The van der Waals surface area contributed by atoms with Gasteiger partial charge in [0.25, 0.3) is 5.78 Å². The van der Waals surface area contributed by atoms with Crippen molar-refractivity contribution in [3.63, 3.8) is 0 Å². The molecule has 0 aliphatic rings. The number of benzene rings is 2. The molecule has 0 saturated heterocycles. The van der Waals surface area contributed by atoms with E-state index in [4.69, 9.17) is 4.98 Å². The summed E-state index contributed by atoms with van der Waals surface area (Å²) in [5.74, 6) is 1.49. The van der Waals surface area contributed by atoms with Crippen molar-refractivity contribution in [2.75, 3.05) is 11.9 Å². The lowest BCUT2D eigenvalue weighted by Crippen LogP contribution is -2.13. The summed E-state index contributed by atoms with van der Waals surface area (Å²) < 4.78 is 1.94. The largest absolute Gasteiger partial charge is 0.329 e. The third-order valence-corrected chi connectivity index (χ3v) is 3.92. The Bertz CT molecular complexity index is 959. The minimum Gasteiger partial charge on any atom is -0.329 e. The molecular formula is C17H15N5. The Balaban J connectivity index is 2.06. The molecule has 22 heavy (non-hydrogen) atoms. The first-order valence-electron chi connectivity index (χ1n) is 7.13. The van der Waals surface area contributed by atoms with Crippen LogP contribution in [0.3, 0.4) is 0 Å². The van der Waals surface area contributed by atoms with Crippen molar-refractivity contribution in [2.24, 2.45) is 0 Å². The second kappa shape index (κ2) is 4.80. The maximum atomic E-state index is 4.70. The highest BCUT2D eigenvalue weighted by molar-refractivity contribution is 5.95. The van der Waals surface area contributed by atoms with Crippen molar-refractivity contribution in [2.45, 2.75) is 6.92 Å². The number of anilines is 2. The summed E-state index contributed by atoms with van der Waals surface area (Å²) >= 11 is 0. The van der Waals surface area contributed by atoms with Gasteiger partial charge in [-0.25, -0.2) is 0 Å². The maximum Gasteiger partial charge on any atom is 0.257 e. The van der Waals surface area contributed by atoms with Crippen LogP contribution in [0.2, 0.25) is 0 Å². The molecule has 4 aromatic rings. The quantitative estimate of drug-likeness (QED) is 0.567. The standard InChI is InChI=1S/C17H15N5/c1-12-7-6-10-14-15(12)22-11-18-20-17(22)19-16(14)21(2)13-8-4-3-5-9-13/h3-11H,1-2H3. The molecule has 0 aliphatic carbocycles. The van der Waals surface area contributed by atoms with Gasteiger partial charge in [0, 0.05) is 18.1 Å². The van der Waals surface area contributed by atoms with Gasteiger partial charge in [-0.3, -0.25) is 4.40 Å². The van der Waals surface area contributed by atoms with E-state index in [2.05, 4.69) is 52.4 Å². The van der Waals surface area contributed by atoms with Gasteiger partial charge in [-0.05, 0) is 30.7 Å². The molecule has 2 aromatic carbocycles. The zero-order valence-corrected chi connectivity index (χ0v) is 12.4. The van der Waals surface area contributed by atoms with Crippen LogP contribution in [0.4, 0.5) is 11.5 Å². The normalized spacial score (nSPS) is 11.2. The van der Waals surface area contributed by atoms with Crippen LogP contribution in [0.25, 0.3) is 16.7 Å². The zero-order chi connectivity index (χ0) is 15.1. The molecule has 0 N–H and O–H groups in total. The molecule has 5 nitrogen and oxygen atoms in total. The third kappa shape index (κ3) is 1.83. The Labute approximate surface area is 127 Å². The number of fused-ring (bicyclic) bond motifs is 3. The first-order valence-corrected chi connectivity index (χ1v) is 7.13. The maximum absolute atomic E-state index is 4.70. The molecule has 0 radical (unpaired) electrons. The number of hydrogen-bond acceptors (Lipinski definition) is 4. The van der Waals surface area contributed by atoms with E-state index in [0.717, 1.165) is 22.4 Å². The van der Waals surface area contributed by atoms with Crippen LogP contribution in [-0.2, 0) is 0 Å². The SMILES string of the molecule is Cc1cccc2c(N(C)c3ccccc3)nc3nncn3c12. The monoisotopic (exact) mass is 289 g/mol. The van der Waals surface area contributed by atoms with Crippen molar-refractivity contribution in [1.29, 1.82) is 0 Å². The van der Waals surface area contributed by atoms with E-state index in [1.807, 2.05) is 29.6 Å². The fourth-order valence-electron chi connectivity index (χ4n) is 2.81. The van der Waals surface area contributed by atoms with Crippen molar-refractivity contribution < 1.29 is 0 Å². The molecule has 0 amide bonds. The van der Waals surface area contributed by atoms with Gasteiger partial charge < -0.3 is 4.90 Å². The second-order valence-corrected chi connectivity index (χ2v) is 5.30. The lowest BCUT2D eigenvalue weighted by Gasteiger charge is -2.20. The van der Waals surface area contributed by atoms with Crippen LogP contribution in [0.1, 0.15) is 5.56 Å².